The Morgan fingerprint density at radius 3 is 2.54 bits per heavy atom. The number of hydrogen-bond acceptors (Lipinski definition) is 3. The summed E-state index contributed by atoms with van der Waals surface area (Å²) in [5, 5.41) is 3.72. The summed E-state index contributed by atoms with van der Waals surface area (Å²) in [6.45, 7) is 6.77. The number of carbonyl (C=O) groups excluding carboxylic acids is 2. The molecule has 1 heterocycles. The number of rotatable bonds is 5. The molecule has 2 unspecified atom stereocenters. The first-order valence-corrected chi connectivity index (χ1v) is 9.50. The number of likely N-dealkylation sites (tertiary alicyclic amines) is 1. The summed E-state index contributed by atoms with van der Waals surface area (Å²) in [6, 6.07) is 7.27. The van der Waals surface area contributed by atoms with Crippen LogP contribution in [0.15, 0.2) is 24.3 Å². The number of nitrogens with zero attached hydrogens (tertiary/aromatic N) is 2. The zero-order valence-corrected chi connectivity index (χ0v) is 17.1. The summed E-state index contributed by atoms with van der Waals surface area (Å²) in [5.41, 5.74) is 0.501. The van der Waals surface area contributed by atoms with Crippen LogP contribution in [0.1, 0.15) is 45.2 Å². The fourth-order valence-corrected chi connectivity index (χ4v) is 3.61. The van der Waals surface area contributed by atoms with E-state index in [0.717, 1.165) is 12.0 Å². The van der Waals surface area contributed by atoms with Crippen LogP contribution in [0, 0.1) is 5.41 Å². The molecule has 1 fully saturated rings. The van der Waals surface area contributed by atoms with Crippen LogP contribution in [-0.2, 0) is 9.59 Å². The third-order valence-corrected chi connectivity index (χ3v) is 5.16. The summed E-state index contributed by atoms with van der Waals surface area (Å²) >= 11 is 6.33. The Morgan fingerprint density at radius 1 is 1.31 bits per heavy atom. The maximum atomic E-state index is 12.8. The SMILES string of the molecule is CN(C)C(CNC(=O)C1CCCN1C(=O)C(C)(C)C)c1ccccc1Cl. The van der Waals surface area contributed by atoms with Crippen LogP contribution >= 0.6 is 11.6 Å². The maximum absolute atomic E-state index is 12.8. The van der Waals surface area contributed by atoms with Crippen LogP contribution in [0.4, 0.5) is 0 Å². The molecule has 5 nitrogen and oxygen atoms in total. The minimum atomic E-state index is -0.480. The van der Waals surface area contributed by atoms with E-state index in [9.17, 15) is 9.59 Å². The van der Waals surface area contributed by atoms with Crippen molar-refractivity contribution in [2.45, 2.75) is 45.7 Å². The molecule has 0 saturated carbocycles. The minimum Gasteiger partial charge on any atom is -0.352 e. The molecule has 0 bridgehead atoms. The summed E-state index contributed by atoms with van der Waals surface area (Å²) in [7, 11) is 3.93. The Morgan fingerprint density at radius 2 is 1.96 bits per heavy atom. The fraction of sp³-hybridized carbons (Fsp3) is 0.600. The second-order valence-corrected chi connectivity index (χ2v) is 8.56. The second-order valence-electron chi connectivity index (χ2n) is 8.15. The van der Waals surface area contributed by atoms with Gasteiger partial charge in [-0.2, -0.15) is 0 Å². The first-order chi connectivity index (χ1) is 12.1. The summed E-state index contributed by atoms with van der Waals surface area (Å²) in [4.78, 5) is 29.2. The molecule has 0 aliphatic carbocycles. The molecular formula is C20H30ClN3O2. The second kappa shape index (κ2) is 8.40. The number of nitrogens with one attached hydrogen (secondary N) is 1. The van der Waals surface area contributed by atoms with Crippen LogP contribution in [-0.4, -0.2) is 54.8 Å². The normalized spacial score (nSPS) is 18.9. The first-order valence-electron chi connectivity index (χ1n) is 9.12. The van der Waals surface area contributed by atoms with Gasteiger partial charge in [-0.25, -0.2) is 0 Å². The van der Waals surface area contributed by atoms with Gasteiger partial charge in [0.05, 0.1) is 6.04 Å². The van der Waals surface area contributed by atoms with Crippen LogP contribution in [0.5, 0.6) is 0 Å². The molecule has 2 rings (SSSR count). The van der Waals surface area contributed by atoms with Gasteiger partial charge in [0.15, 0.2) is 0 Å². The molecule has 26 heavy (non-hydrogen) atoms. The van der Waals surface area contributed by atoms with Crippen LogP contribution < -0.4 is 5.32 Å². The Kier molecular flexibility index (Phi) is 6.69. The Balaban J connectivity index is 2.06. The quantitative estimate of drug-likeness (QED) is 0.855. The van der Waals surface area contributed by atoms with Crippen LogP contribution in [0.25, 0.3) is 0 Å². The summed E-state index contributed by atoms with van der Waals surface area (Å²) < 4.78 is 0. The number of halogens is 1. The third kappa shape index (κ3) is 4.77. The van der Waals surface area contributed by atoms with E-state index < -0.39 is 5.41 Å². The van der Waals surface area contributed by atoms with Gasteiger partial charge in [-0.05, 0) is 38.6 Å². The van der Waals surface area contributed by atoms with E-state index in [1.807, 2.05) is 64.0 Å². The van der Waals surface area contributed by atoms with Crippen LogP contribution in [0.2, 0.25) is 5.02 Å². The topological polar surface area (TPSA) is 52.7 Å². The van der Waals surface area contributed by atoms with Gasteiger partial charge >= 0.3 is 0 Å². The molecule has 2 atom stereocenters. The summed E-state index contributed by atoms with van der Waals surface area (Å²) in [5.74, 6) is -0.0515. The standard InChI is InChI=1S/C20H30ClN3O2/c1-20(2,3)19(26)24-12-8-11-16(24)18(25)22-13-17(23(4)5)14-9-6-7-10-15(14)21/h6-7,9-10,16-17H,8,11-13H2,1-5H3,(H,22,25). The minimum absolute atomic E-state index is 0.0270. The lowest BCUT2D eigenvalue weighted by atomic mass is 9.94. The first kappa shape index (κ1) is 20.7. The van der Waals surface area contributed by atoms with E-state index >= 15 is 0 Å². The predicted octanol–water partition coefficient (Wildman–Crippen LogP) is 3.10. The lowest BCUT2D eigenvalue weighted by Crippen LogP contribution is -2.50. The van der Waals surface area contributed by atoms with Gasteiger partial charge in [-0.3, -0.25) is 9.59 Å². The van der Waals surface area contributed by atoms with E-state index in [2.05, 4.69) is 5.32 Å². The number of carbonyl (C=O) groups is 2. The highest BCUT2D eigenvalue weighted by Gasteiger charge is 2.38. The Hall–Kier alpha value is -1.59. The van der Waals surface area contributed by atoms with E-state index in [1.165, 1.54) is 0 Å². The summed E-state index contributed by atoms with van der Waals surface area (Å²) in [6.07, 6.45) is 1.58. The van der Waals surface area contributed by atoms with E-state index in [-0.39, 0.29) is 23.9 Å². The van der Waals surface area contributed by atoms with Gasteiger partial charge in [0.1, 0.15) is 6.04 Å². The van der Waals surface area contributed by atoms with Crippen molar-refractivity contribution in [3.05, 3.63) is 34.9 Å². The van der Waals surface area contributed by atoms with E-state index in [0.29, 0.717) is 24.5 Å². The molecule has 1 saturated heterocycles. The number of hydrogen-bond donors (Lipinski definition) is 1. The molecule has 6 heteroatoms. The highest BCUT2D eigenvalue weighted by Crippen LogP contribution is 2.27. The number of likely N-dealkylation sites (N-methyl/N-ethyl adjacent to an activating group) is 1. The van der Waals surface area contributed by atoms with Gasteiger partial charge in [-0.15, -0.1) is 0 Å². The molecule has 1 aromatic rings. The van der Waals surface area contributed by atoms with Gasteiger partial charge in [-0.1, -0.05) is 50.6 Å². The molecule has 0 radical (unpaired) electrons. The van der Waals surface area contributed by atoms with Crippen molar-refractivity contribution in [3.8, 4) is 0 Å². The lowest BCUT2D eigenvalue weighted by Gasteiger charge is -2.31. The monoisotopic (exact) mass is 379 g/mol. The molecule has 1 aliphatic rings. The zero-order chi connectivity index (χ0) is 19.5. The maximum Gasteiger partial charge on any atom is 0.242 e. The zero-order valence-electron chi connectivity index (χ0n) is 16.4. The molecular weight excluding hydrogens is 350 g/mol. The van der Waals surface area contributed by atoms with Crippen molar-refractivity contribution < 1.29 is 9.59 Å². The average Bonchev–Trinajstić information content (AvgIpc) is 3.04. The molecule has 1 aromatic carbocycles. The number of benzene rings is 1. The van der Waals surface area contributed by atoms with Crippen molar-refractivity contribution in [2.75, 3.05) is 27.2 Å². The lowest BCUT2D eigenvalue weighted by molar-refractivity contribution is -0.144. The smallest absolute Gasteiger partial charge is 0.242 e. The van der Waals surface area contributed by atoms with Crippen molar-refractivity contribution in [2.24, 2.45) is 5.41 Å². The average molecular weight is 380 g/mol. The van der Waals surface area contributed by atoms with Crippen molar-refractivity contribution in [3.63, 3.8) is 0 Å². The molecule has 0 spiro atoms. The molecule has 0 aromatic heterocycles. The van der Waals surface area contributed by atoms with Gasteiger partial charge in [0.2, 0.25) is 11.8 Å². The third-order valence-electron chi connectivity index (χ3n) is 4.82. The fourth-order valence-electron chi connectivity index (χ4n) is 3.34. The van der Waals surface area contributed by atoms with Gasteiger partial charge in [0.25, 0.3) is 0 Å². The highest BCUT2D eigenvalue weighted by atomic mass is 35.5. The van der Waals surface area contributed by atoms with Crippen molar-refractivity contribution in [1.29, 1.82) is 0 Å². The predicted molar refractivity (Wildman–Crippen MR) is 105 cm³/mol. The molecule has 1 aliphatic heterocycles. The van der Waals surface area contributed by atoms with Crippen molar-refractivity contribution in [1.82, 2.24) is 15.1 Å². The van der Waals surface area contributed by atoms with Gasteiger partial charge < -0.3 is 15.1 Å². The number of amides is 2. The largest absolute Gasteiger partial charge is 0.352 e. The van der Waals surface area contributed by atoms with E-state index in [4.69, 9.17) is 11.6 Å². The van der Waals surface area contributed by atoms with E-state index in [1.54, 1.807) is 4.90 Å². The Bertz CT molecular complexity index is 655. The Labute approximate surface area is 161 Å². The van der Waals surface area contributed by atoms with Crippen molar-refractivity contribution >= 4 is 23.4 Å². The molecule has 144 valence electrons. The van der Waals surface area contributed by atoms with Crippen LogP contribution in [0.3, 0.4) is 0 Å². The van der Waals surface area contributed by atoms with Gasteiger partial charge in [0, 0.05) is 23.5 Å². The molecule has 1 N–H and O–H groups in total. The molecule has 2 amide bonds. The highest BCUT2D eigenvalue weighted by molar-refractivity contribution is 6.31.